The first-order valence-electron chi connectivity index (χ1n) is 8.10. The molecule has 0 bridgehead atoms. The van der Waals surface area contributed by atoms with Crippen LogP contribution < -0.4 is 10.6 Å². The molecule has 0 saturated heterocycles. The maximum Gasteiger partial charge on any atom is 0.191 e. The summed E-state index contributed by atoms with van der Waals surface area (Å²) in [7, 11) is 5.65. The maximum atomic E-state index is 13.1. The second-order valence-electron chi connectivity index (χ2n) is 5.96. The van der Waals surface area contributed by atoms with E-state index in [1.807, 2.05) is 14.1 Å². The summed E-state index contributed by atoms with van der Waals surface area (Å²) >= 11 is 0. The molecule has 26 heavy (non-hydrogen) atoms. The zero-order valence-corrected chi connectivity index (χ0v) is 17.5. The van der Waals surface area contributed by atoms with Crippen LogP contribution in [0.2, 0.25) is 0 Å². The Morgan fingerprint density at radius 3 is 2.00 bits per heavy atom. The van der Waals surface area contributed by atoms with E-state index in [1.54, 1.807) is 31.3 Å². The van der Waals surface area contributed by atoms with Crippen molar-refractivity contribution in [1.29, 1.82) is 0 Å². The van der Waals surface area contributed by atoms with Crippen LogP contribution in [0.25, 0.3) is 0 Å². The topological polar surface area (TPSA) is 39.7 Å². The Morgan fingerprint density at radius 1 is 0.962 bits per heavy atom. The lowest BCUT2D eigenvalue weighted by Crippen LogP contribution is -2.41. The average molecular weight is 474 g/mol. The second-order valence-corrected chi connectivity index (χ2v) is 5.96. The maximum absolute atomic E-state index is 13.1. The summed E-state index contributed by atoms with van der Waals surface area (Å²) < 4.78 is 26.1. The van der Waals surface area contributed by atoms with E-state index in [2.05, 4.69) is 20.5 Å². The van der Waals surface area contributed by atoms with Gasteiger partial charge in [-0.3, -0.25) is 4.99 Å². The lowest BCUT2D eigenvalue weighted by molar-refractivity contribution is 0.298. The smallest absolute Gasteiger partial charge is 0.191 e. The van der Waals surface area contributed by atoms with Gasteiger partial charge in [0.05, 0.1) is 6.04 Å². The molecule has 0 aliphatic carbocycles. The normalized spacial score (nSPS) is 12.5. The van der Waals surface area contributed by atoms with E-state index in [4.69, 9.17) is 0 Å². The number of nitrogens with zero attached hydrogens (tertiary/aromatic N) is 2. The fourth-order valence-electron chi connectivity index (χ4n) is 2.49. The van der Waals surface area contributed by atoms with Gasteiger partial charge in [-0.2, -0.15) is 0 Å². The highest BCUT2D eigenvalue weighted by Crippen LogP contribution is 2.17. The summed E-state index contributed by atoms with van der Waals surface area (Å²) in [4.78, 5) is 6.26. The molecule has 0 saturated carbocycles. The third-order valence-electron chi connectivity index (χ3n) is 3.94. The van der Waals surface area contributed by atoms with Crippen LogP contribution in [0.1, 0.15) is 17.2 Å². The summed E-state index contributed by atoms with van der Waals surface area (Å²) in [6.45, 7) is 1.16. The molecule has 4 nitrogen and oxygen atoms in total. The number of hydrogen-bond donors (Lipinski definition) is 2. The number of likely N-dealkylation sites (N-methyl/N-ethyl adjacent to an activating group) is 1. The van der Waals surface area contributed by atoms with Crippen LogP contribution in [0.3, 0.4) is 0 Å². The first kappa shape index (κ1) is 22.3. The molecule has 0 amide bonds. The minimum atomic E-state index is -0.251. The molecule has 1 atom stereocenters. The fourth-order valence-corrected chi connectivity index (χ4v) is 2.49. The molecule has 0 aliphatic heterocycles. The highest BCUT2D eigenvalue weighted by molar-refractivity contribution is 14.0. The molecule has 2 aromatic carbocycles. The second kappa shape index (κ2) is 11.1. The van der Waals surface area contributed by atoms with Gasteiger partial charge in [0.15, 0.2) is 5.96 Å². The number of halogens is 3. The third kappa shape index (κ3) is 6.87. The van der Waals surface area contributed by atoms with Gasteiger partial charge in [-0.1, -0.05) is 24.3 Å². The summed E-state index contributed by atoms with van der Waals surface area (Å²) in [6.07, 6.45) is 0. The number of guanidine groups is 1. The third-order valence-corrected chi connectivity index (χ3v) is 3.94. The first-order valence-corrected chi connectivity index (χ1v) is 8.10. The largest absolute Gasteiger partial charge is 0.354 e. The van der Waals surface area contributed by atoms with Gasteiger partial charge in [-0.25, -0.2) is 8.78 Å². The zero-order chi connectivity index (χ0) is 18.2. The van der Waals surface area contributed by atoms with Crippen molar-refractivity contribution in [3.8, 4) is 0 Å². The van der Waals surface area contributed by atoms with Gasteiger partial charge in [0.2, 0.25) is 0 Å². The number of aliphatic imine (C=N–C) groups is 1. The molecular formula is C19H25F2IN4. The van der Waals surface area contributed by atoms with Gasteiger partial charge in [0.1, 0.15) is 11.6 Å². The van der Waals surface area contributed by atoms with Crippen LogP contribution >= 0.6 is 24.0 Å². The van der Waals surface area contributed by atoms with E-state index >= 15 is 0 Å². The predicted octanol–water partition coefficient (Wildman–Crippen LogP) is 3.55. The van der Waals surface area contributed by atoms with Crippen LogP contribution in [0, 0.1) is 11.6 Å². The molecule has 0 radical (unpaired) electrons. The standard InChI is InChI=1S/C19H24F2N4.HI/c1-22-19(23-12-14-4-8-16(20)9-5-14)24-13-18(25(2)3)15-6-10-17(21)11-7-15;/h4-11,18H,12-13H2,1-3H3,(H2,22,23,24);1H. The van der Waals surface area contributed by atoms with Crippen LogP contribution in [-0.2, 0) is 6.54 Å². The van der Waals surface area contributed by atoms with Gasteiger partial charge in [-0.05, 0) is 49.5 Å². The minimum absolute atomic E-state index is 0. The van der Waals surface area contributed by atoms with E-state index < -0.39 is 0 Å². The molecule has 0 aliphatic rings. The molecule has 2 rings (SSSR count). The van der Waals surface area contributed by atoms with Gasteiger partial charge >= 0.3 is 0 Å². The summed E-state index contributed by atoms with van der Waals surface area (Å²) in [5.74, 6) is 0.156. The molecule has 0 aromatic heterocycles. The van der Waals surface area contributed by atoms with Crippen molar-refractivity contribution in [2.75, 3.05) is 27.7 Å². The monoisotopic (exact) mass is 474 g/mol. The van der Waals surface area contributed by atoms with Crippen LogP contribution in [-0.4, -0.2) is 38.5 Å². The number of rotatable bonds is 6. The zero-order valence-electron chi connectivity index (χ0n) is 15.2. The van der Waals surface area contributed by atoms with Gasteiger partial charge in [0, 0.05) is 20.1 Å². The van der Waals surface area contributed by atoms with Crippen molar-refractivity contribution in [3.05, 3.63) is 71.3 Å². The molecule has 0 spiro atoms. The Labute approximate surface area is 170 Å². The fraction of sp³-hybridized carbons (Fsp3) is 0.316. The summed E-state index contributed by atoms with van der Waals surface area (Å²) in [5, 5.41) is 6.47. The quantitative estimate of drug-likeness (QED) is 0.382. The molecule has 0 fully saturated rings. The van der Waals surface area contributed by atoms with Crippen molar-refractivity contribution >= 4 is 29.9 Å². The van der Waals surface area contributed by atoms with Crippen molar-refractivity contribution in [1.82, 2.24) is 15.5 Å². The number of hydrogen-bond acceptors (Lipinski definition) is 2. The Balaban J connectivity index is 0.00000338. The van der Waals surface area contributed by atoms with Crippen LogP contribution in [0.15, 0.2) is 53.5 Å². The van der Waals surface area contributed by atoms with Crippen molar-refractivity contribution in [3.63, 3.8) is 0 Å². The van der Waals surface area contributed by atoms with E-state index in [1.165, 1.54) is 24.3 Å². The molecule has 2 aromatic rings. The van der Waals surface area contributed by atoms with E-state index in [0.717, 1.165) is 11.1 Å². The van der Waals surface area contributed by atoms with E-state index in [0.29, 0.717) is 19.0 Å². The Kier molecular flexibility index (Phi) is 9.50. The Hall–Kier alpha value is -1.74. The summed E-state index contributed by atoms with van der Waals surface area (Å²) in [5.41, 5.74) is 1.99. The van der Waals surface area contributed by atoms with Crippen molar-refractivity contribution in [2.24, 2.45) is 4.99 Å². The molecule has 2 N–H and O–H groups in total. The summed E-state index contributed by atoms with van der Waals surface area (Å²) in [6, 6.07) is 12.9. The van der Waals surface area contributed by atoms with Crippen LogP contribution in [0.5, 0.6) is 0 Å². The Bertz CT molecular complexity index is 688. The van der Waals surface area contributed by atoms with Gasteiger partial charge < -0.3 is 15.5 Å². The Morgan fingerprint density at radius 2 is 1.50 bits per heavy atom. The number of benzene rings is 2. The molecule has 142 valence electrons. The molecular weight excluding hydrogens is 449 g/mol. The highest BCUT2D eigenvalue weighted by Gasteiger charge is 2.14. The van der Waals surface area contributed by atoms with Gasteiger partial charge in [0.25, 0.3) is 0 Å². The lowest BCUT2D eigenvalue weighted by atomic mass is 10.1. The molecule has 7 heteroatoms. The number of nitrogens with one attached hydrogen (secondary N) is 2. The first-order chi connectivity index (χ1) is 12.0. The van der Waals surface area contributed by atoms with Crippen molar-refractivity contribution < 1.29 is 8.78 Å². The SMILES string of the molecule is CN=C(NCc1ccc(F)cc1)NCC(c1ccc(F)cc1)N(C)C.I. The lowest BCUT2D eigenvalue weighted by Gasteiger charge is -2.26. The van der Waals surface area contributed by atoms with E-state index in [9.17, 15) is 8.78 Å². The minimum Gasteiger partial charge on any atom is -0.354 e. The van der Waals surface area contributed by atoms with E-state index in [-0.39, 0.29) is 41.7 Å². The average Bonchev–Trinajstić information content (AvgIpc) is 2.60. The van der Waals surface area contributed by atoms with Crippen molar-refractivity contribution in [2.45, 2.75) is 12.6 Å². The van der Waals surface area contributed by atoms with Gasteiger partial charge in [-0.15, -0.1) is 24.0 Å². The molecule has 0 heterocycles. The molecule has 1 unspecified atom stereocenters. The highest BCUT2D eigenvalue weighted by atomic mass is 127. The van der Waals surface area contributed by atoms with Crippen LogP contribution in [0.4, 0.5) is 8.78 Å². The predicted molar refractivity (Wildman–Crippen MR) is 113 cm³/mol.